The van der Waals surface area contributed by atoms with Gasteiger partial charge in [-0.1, -0.05) is 27.7 Å². The van der Waals surface area contributed by atoms with E-state index in [4.69, 9.17) is 0 Å². The molecule has 0 aliphatic rings. The number of aromatic nitrogens is 1. The molecule has 1 unspecified atom stereocenters. The normalized spacial score (nSPS) is 14.4. The van der Waals surface area contributed by atoms with Gasteiger partial charge >= 0.3 is 0 Å². The molecule has 1 aromatic heterocycles. The minimum atomic E-state index is -3.44. The molecule has 122 valence electrons. The molecule has 1 rings (SSSR count). The Bertz CT molecular complexity index is 561. The van der Waals surface area contributed by atoms with Gasteiger partial charge in [0, 0.05) is 44.6 Å². The Morgan fingerprint density at radius 1 is 1.24 bits per heavy atom. The van der Waals surface area contributed by atoms with E-state index in [1.165, 1.54) is 4.31 Å². The molecule has 0 amide bonds. The first-order valence-corrected chi connectivity index (χ1v) is 8.88. The molecule has 0 bridgehead atoms. The first kappa shape index (κ1) is 18.2. The van der Waals surface area contributed by atoms with Crippen LogP contribution in [0.3, 0.4) is 0 Å². The molecule has 0 fully saturated rings. The van der Waals surface area contributed by atoms with Crippen LogP contribution in [0.15, 0.2) is 17.2 Å². The molecule has 1 N–H and O–H groups in total. The summed E-state index contributed by atoms with van der Waals surface area (Å²) in [5, 5.41) is 3.31. The minimum Gasteiger partial charge on any atom is -0.352 e. The number of nitrogens with one attached hydrogen (secondary N) is 1. The standard InChI is InChI=1S/C15H29N3O2S/c1-11(2)13(5)18(7)21(19,20)15-8-14(17(6)10-15)9-16-12(3)4/h8,10-13,16H,9H2,1-7H3. The molecule has 1 atom stereocenters. The fourth-order valence-corrected chi connectivity index (χ4v) is 3.60. The molecule has 1 aromatic rings. The van der Waals surface area contributed by atoms with E-state index >= 15 is 0 Å². The Labute approximate surface area is 129 Å². The first-order valence-electron chi connectivity index (χ1n) is 7.44. The smallest absolute Gasteiger partial charge is 0.244 e. The molecule has 0 aliphatic carbocycles. The van der Waals surface area contributed by atoms with Crippen LogP contribution in [0.25, 0.3) is 0 Å². The van der Waals surface area contributed by atoms with Crippen molar-refractivity contribution in [3.05, 3.63) is 18.0 Å². The van der Waals surface area contributed by atoms with Gasteiger partial charge in [0.2, 0.25) is 10.0 Å². The Morgan fingerprint density at radius 2 is 1.81 bits per heavy atom. The maximum absolute atomic E-state index is 12.7. The molecule has 0 radical (unpaired) electrons. The Hall–Kier alpha value is -0.850. The van der Waals surface area contributed by atoms with Crippen molar-refractivity contribution in [1.82, 2.24) is 14.2 Å². The van der Waals surface area contributed by atoms with Crippen molar-refractivity contribution >= 4 is 10.0 Å². The highest BCUT2D eigenvalue weighted by molar-refractivity contribution is 7.89. The third-order valence-corrected chi connectivity index (χ3v) is 5.90. The molecule has 0 spiro atoms. The summed E-state index contributed by atoms with van der Waals surface area (Å²) in [6, 6.07) is 2.09. The maximum atomic E-state index is 12.7. The lowest BCUT2D eigenvalue weighted by molar-refractivity contribution is 0.316. The van der Waals surface area contributed by atoms with E-state index in [1.807, 2.05) is 32.4 Å². The summed E-state index contributed by atoms with van der Waals surface area (Å²) in [6.07, 6.45) is 1.69. The average Bonchev–Trinajstić information content (AvgIpc) is 2.76. The van der Waals surface area contributed by atoms with Crippen molar-refractivity contribution in [2.75, 3.05) is 7.05 Å². The second-order valence-corrected chi connectivity index (χ2v) is 8.32. The number of hydrogen-bond acceptors (Lipinski definition) is 3. The van der Waals surface area contributed by atoms with E-state index in [1.54, 1.807) is 19.3 Å². The van der Waals surface area contributed by atoms with Crippen molar-refractivity contribution in [2.45, 2.75) is 58.1 Å². The van der Waals surface area contributed by atoms with Crippen molar-refractivity contribution in [2.24, 2.45) is 13.0 Å². The highest BCUT2D eigenvalue weighted by atomic mass is 32.2. The Kier molecular flexibility index (Phi) is 6.01. The zero-order valence-corrected chi connectivity index (χ0v) is 15.0. The molecular weight excluding hydrogens is 286 g/mol. The zero-order valence-electron chi connectivity index (χ0n) is 14.2. The third kappa shape index (κ3) is 4.31. The highest BCUT2D eigenvalue weighted by Crippen LogP contribution is 2.21. The summed E-state index contributed by atoms with van der Waals surface area (Å²) >= 11 is 0. The topological polar surface area (TPSA) is 54.3 Å². The van der Waals surface area contributed by atoms with Gasteiger partial charge in [-0.05, 0) is 18.9 Å². The largest absolute Gasteiger partial charge is 0.352 e. The maximum Gasteiger partial charge on any atom is 0.244 e. The molecular formula is C15H29N3O2S. The summed E-state index contributed by atoms with van der Waals surface area (Å²) in [4.78, 5) is 0.362. The molecule has 0 aliphatic heterocycles. The summed E-state index contributed by atoms with van der Waals surface area (Å²) in [5.41, 5.74) is 0.966. The number of rotatable bonds is 7. The number of hydrogen-bond donors (Lipinski definition) is 1. The van der Waals surface area contributed by atoms with Crippen molar-refractivity contribution in [1.29, 1.82) is 0 Å². The van der Waals surface area contributed by atoms with E-state index in [0.29, 0.717) is 17.5 Å². The van der Waals surface area contributed by atoms with Crippen LogP contribution in [-0.2, 0) is 23.6 Å². The van der Waals surface area contributed by atoms with Gasteiger partial charge in [-0.15, -0.1) is 0 Å². The van der Waals surface area contributed by atoms with Gasteiger partial charge in [0.15, 0.2) is 0 Å². The van der Waals surface area contributed by atoms with Crippen LogP contribution in [0, 0.1) is 5.92 Å². The molecule has 21 heavy (non-hydrogen) atoms. The van der Waals surface area contributed by atoms with Crippen LogP contribution < -0.4 is 5.32 Å². The summed E-state index contributed by atoms with van der Waals surface area (Å²) < 4.78 is 28.7. The fourth-order valence-electron chi connectivity index (χ4n) is 2.01. The number of aryl methyl sites for hydroxylation is 1. The van der Waals surface area contributed by atoms with Gasteiger partial charge in [0.25, 0.3) is 0 Å². The fraction of sp³-hybridized carbons (Fsp3) is 0.733. The van der Waals surface area contributed by atoms with E-state index in [0.717, 1.165) is 5.69 Å². The van der Waals surface area contributed by atoms with Crippen molar-refractivity contribution in [3.63, 3.8) is 0 Å². The average molecular weight is 315 g/mol. The van der Waals surface area contributed by atoms with E-state index in [9.17, 15) is 8.42 Å². The van der Waals surface area contributed by atoms with Crippen LogP contribution in [-0.4, -0.2) is 36.4 Å². The molecule has 5 nitrogen and oxygen atoms in total. The van der Waals surface area contributed by atoms with Gasteiger partial charge < -0.3 is 9.88 Å². The predicted molar refractivity (Wildman–Crippen MR) is 86.6 cm³/mol. The monoisotopic (exact) mass is 315 g/mol. The predicted octanol–water partition coefficient (Wildman–Crippen LogP) is 2.19. The third-order valence-electron chi connectivity index (χ3n) is 3.99. The molecule has 6 heteroatoms. The van der Waals surface area contributed by atoms with Crippen LogP contribution >= 0.6 is 0 Å². The Balaban J connectivity index is 3.02. The lowest BCUT2D eigenvalue weighted by Crippen LogP contribution is -2.38. The van der Waals surface area contributed by atoms with Gasteiger partial charge in [0.1, 0.15) is 4.90 Å². The summed E-state index contributed by atoms with van der Waals surface area (Å²) in [5.74, 6) is 0.274. The van der Waals surface area contributed by atoms with Crippen molar-refractivity contribution in [3.8, 4) is 0 Å². The van der Waals surface area contributed by atoms with E-state index < -0.39 is 10.0 Å². The molecule has 0 aromatic carbocycles. The first-order chi connectivity index (χ1) is 9.57. The van der Waals surface area contributed by atoms with Gasteiger partial charge in [0.05, 0.1) is 0 Å². The second kappa shape index (κ2) is 6.94. The van der Waals surface area contributed by atoms with E-state index in [2.05, 4.69) is 19.2 Å². The van der Waals surface area contributed by atoms with E-state index in [-0.39, 0.29) is 12.0 Å². The Morgan fingerprint density at radius 3 is 2.29 bits per heavy atom. The van der Waals surface area contributed by atoms with Crippen LogP contribution in [0.4, 0.5) is 0 Å². The number of sulfonamides is 1. The zero-order chi connectivity index (χ0) is 16.4. The highest BCUT2D eigenvalue weighted by Gasteiger charge is 2.28. The van der Waals surface area contributed by atoms with Gasteiger partial charge in [-0.2, -0.15) is 4.31 Å². The van der Waals surface area contributed by atoms with Gasteiger partial charge in [-0.3, -0.25) is 0 Å². The molecule has 1 heterocycles. The van der Waals surface area contributed by atoms with Crippen LogP contribution in [0.2, 0.25) is 0 Å². The van der Waals surface area contributed by atoms with Crippen LogP contribution in [0.1, 0.15) is 40.3 Å². The number of nitrogens with zero attached hydrogens (tertiary/aromatic N) is 2. The summed E-state index contributed by atoms with van der Waals surface area (Å²) in [7, 11) is 0.0903. The quantitative estimate of drug-likeness (QED) is 0.839. The molecule has 0 saturated carbocycles. The lowest BCUT2D eigenvalue weighted by Gasteiger charge is -2.26. The lowest BCUT2D eigenvalue weighted by atomic mass is 10.1. The van der Waals surface area contributed by atoms with Crippen molar-refractivity contribution < 1.29 is 8.42 Å². The molecule has 0 saturated heterocycles. The summed E-state index contributed by atoms with van der Waals surface area (Å²) in [6.45, 7) is 10.8. The van der Waals surface area contributed by atoms with Gasteiger partial charge in [-0.25, -0.2) is 8.42 Å². The minimum absolute atomic E-state index is 0.0348. The second-order valence-electron chi connectivity index (χ2n) is 6.32. The van der Waals surface area contributed by atoms with Crippen LogP contribution in [0.5, 0.6) is 0 Å². The SMILES string of the molecule is CC(C)NCc1cc(S(=O)(=O)N(C)C(C)C(C)C)cn1C.